The Morgan fingerprint density at radius 3 is 2.32 bits per heavy atom. The predicted octanol–water partition coefficient (Wildman–Crippen LogP) is 2.08. The highest BCUT2D eigenvalue weighted by molar-refractivity contribution is 7.92. The fraction of sp³-hybridized carbons (Fsp3) is 0.533. The van der Waals surface area contributed by atoms with Crippen LogP contribution in [0.3, 0.4) is 0 Å². The lowest BCUT2D eigenvalue weighted by molar-refractivity contribution is -0.122. The van der Waals surface area contributed by atoms with Gasteiger partial charge < -0.3 is 10.6 Å². The van der Waals surface area contributed by atoms with Crippen molar-refractivity contribution in [3.05, 3.63) is 23.8 Å². The van der Waals surface area contributed by atoms with Crippen molar-refractivity contribution >= 4 is 27.3 Å². The van der Waals surface area contributed by atoms with Crippen molar-refractivity contribution in [1.29, 1.82) is 0 Å². The van der Waals surface area contributed by atoms with Crippen LogP contribution in [0.15, 0.2) is 18.2 Å². The summed E-state index contributed by atoms with van der Waals surface area (Å²) in [5.41, 5.74) is 1.68. The first-order valence-electron chi connectivity index (χ1n) is 7.04. The second kappa shape index (κ2) is 6.56. The van der Waals surface area contributed by atoms with Crippen molar-refractivity contribution in [2.75, 3.05) is 16.3 Å². The number of aryl methyl sites for hydroxylation is 1. The molecule has 3 N–H and O–H groups in total. The van der Waals surface area contributed by atoms with Crippen LogP contribution in [0, 0.1) is 6.92 Å². The maximum absolute atomic E-state index is 12.1. The number of anilines is 2. The van der Waals surface area contributed by atoms with E-state index in [1.165, 1.54) is 0 Å². The Hall–Kier alpha value is -1.76. The number of benzene rings is 1. The van der Waals surface area contributed by atoms with Crippen molar-refractivity contribution in [3.63, 3.8) is 0 Å². The summed E-state index contributed by atoms with van der Waals surface area (Å²) in [7, 11) is -3.34. The van der Waals surface area contributed by atoms with E-state index in [-0.39, 0.29) is 11.4 Å². The van der Waals surface area contributed by atoms with Gasteiger partial charge in [0, 0.05) is 11.2 Å². The highest BCUT2D eigenvalue weighted by atomic mass is 32.2. The van der Waals surface area contributed by atoms with E-state index >= 15 is 0 Å². The summed E-state index contributed by atoms with van der Waals surface area (Å²) >= 11 is 0. The van der Waals surface area contributed by atoms with E-state index in [2.05, 4.69) is 15.4 Å². The first-order valence-corrected chi connectivity index (χ1v) is 8.93. The number of rotatable bonds is 5. The second-order valence-corrected chi connectivity index (χ2v) is 8.26. The first-order chi connectivity index (χ1) is 9.87. The van der Waals surface area contributed by atoms with Crippen LogP contribution in [0.4, 0.5) is 11.4 Å². The Bertz CT molecular complexity index is 648. The lowest BCUT2D eigenvalue weighted by Gasteiger charge is -2.24. The number of hydrogen-bond acceptors (Lipinski definition) is 4. The summed E-state index contributed by atoms with van der Waals surface area (Å²) in [6.45, 7) is 9.31. The minimum atomic E-state index is -3.34. The third-order valence-corrected chi connectivity index (χ3v) is 3.40. The van der Waals surface area contributed by atoms with Gasteiger partial charge in [0.25, 0.3) is 0 Å². The molecule has 22 heavy (non-hydrogen) atoms. The molecule has 0 fully saturated rings. The largest absolute Gasteiger partial charge is 0.374 e. The van der Waals surface area contributed by atoms with Crippen LogP contribution in [0.5, 0.6) is 0 Å². The topological polar surface area (TPSA) is 87.3 Å². The minimum Gasteiger partial charge on any atom is -0.374 e. The molecule has 0 heterocycles. The number of amides is 1. The van der Waals surface area contributed by atoms with Crippen LogP contribution in [0.2, 0.25) is 0 Å². The number of carbonyl (C=O) groups is 1. The van der Waals surface area contributed by atoms with Gasteiger partial charge in [-0.25, -0.2) is 8.42 Å². The minimum absolute atomic E-state index is 0.120. The van der Waals surface area contributed by atoms with Crippen molar-refractivity contribution < 1.29 is 13.2 Å². The average Bonchev–Trinajstić information content (AvgIpc) is 2.29. The average molecular weight is 327 g/mol. The Morgan fingerprint density at radius 1 is 1.23 bits per heavy atom. The van der Waals surface area contributed by atoms with Gasteiger partial charge in [0.2, 0.25) is 15.9 Å². The maximum atomic E-state index is 12.1. The standard InChI is InChI=1S/C15H25N3O3S/c1-10-7-8-12(9-13(10)18-22(6,20)21)16-11(2)14(19)17-15(3,4)5/h7-9,11,16,18H,1-6H3,(H,17,19). The molecule has 1 aromatic carbocycles. The van der Waals surface area contributed by atoms with Crippen LogP contribution < -0.4 is 15.4 Å². The van der Waals surface area contributed by atoms with E-state index in [0.717, 1.165) is 11.8 Å². The van der Waals surface area contributed by atoms with Crippen molar-refractivity contribution in [3.8, 4) is 0 Å². The molecule has 0 aliphatic heterocycles. The second-order valence-electron chi connectivity index (χ2n) is 6.51. The molecule has 1 atom stereocenters. The highest BCUT2D eigenvalue weighted by Crippen LogP contribution is 2.21. The van der Waals surface area contributed by atoms with Crippen molar-refractivity contribution in [2.24, 2.45) is 0 Å². The number of carbonyl (C=O) groups excluding carboxylic acids is 1. The fourth-order valence-corrected chi connectivity index (χ4v) is 2.43. The molecule has 1 amide bonds. The molecule has 0 bridgehead atoms. The van der Waals surface area contributed by atoms with Gasteiger partial charge in [-0.05, 0) is 52.3 Å². The molecule has 1 aromatic rings. The molecular weight excluding hydrogens is 302 g/mol. The van der Waals surface area contributed by atoms with Crippen molar-refractivity contribution in [2.45, 2.75) is 46.2 Å². The molecule has 0 radical (unpaired) electrons. The molecule has 0 saturated heterocycles. The van der Waals surface area contributed by atoms with E-state index in [1.54, 1.807) is 19.1 Å². The summed E-state index contributed by atoms with van der Waals surface area (Å²) in [5.74, 6) is -0.120. The van der Waals surface area contributed by atoms with Gasteiger partial charge in [-0.3, -0.25) is 9.52 Å². The lowest BCUT2D eigenvalue weighted by Crippen LogP contribution is -2.47. The van der Waals surface area contributed by atoms with Crippen LogP contribution >= 0.6 is 0 Å². The Morgan fingerprint density at radius 2 is 1.82 bits per heavy atom. The van der Waals surface area contributed by atoms with Gasteiger partial charge >= 0.3 is 0 Å². The highest BCUT2D eigenvalue weighted by Gasteiger charge is 2.19. The zero-order chi connectivity index (χ0) is 17.1. The van der Waals surface area contributed by atoms with E-state index in [4.69, 9.17) is 0 Å². The Labute approximate surface area is 132 Å². The molecule has 0 spiro atoms. The van der Waals surface area contributed by atoms with Gasteiger partial charge in [0.1, 0.15) is 6.04 Å². The third kappa shape index (κ3) is 6.34. The summed E-state index contributed by atoms with van der Waals surface area (Å²) in [6.07, 6.45) is 1.10. The molecule has 0 aliphatic carbocycles. The monoisotopic (exact) mass is 327 g/mol. The van der Waals surface area contributed by atoms with E-state index < -0.39 is 16.1 Å². The fourth-order valence-electron chi connectivity index (χ4n) is 1.81. The SMILES string of the molecule is Cc1ccc(NC(C)C(=O)NC(C)(C)C)cc1NS(C)(=O)=O. The van der Waals surface area contributed by atoms with Gasteiger partial charge in [-0.2, -0.15) is 0 Å². The maximum Gasteiger partial charge on any atom is 0.242 e. The lowest BCUT2D eigenvalue weighted by atomic mass is 10.1. The zero-order valence-corrected chi connectivity index (χ0v) is 14.8. The summed E-state index contributed by atoms with van der Waals surface area (Å²) in [5, 5.41) is 5.96. The number of nitrogens with one attached hydrogen (secondary N) is 3. The van der Waals surface area contributed by atoms with Crippen LogP contribution in [0.1, 0.15) is 33.3 Å². The van der Waals surface area contributed by atoms with Gasteiger partial charge in [-0.1, -0.05) is 6.07 Å². The first kappa shape index (κ1) is 18.3. The van der Waals surface area contributed by atoms with E-state index in [1.807, 2.05) is 33.8 Å². The molecule has 0 aromatic heterocycles. The molecule has 1 rings (SSSR count). The third-order valence-electron chi connectivity index (χ3n) is 2.81. The predicted molar refractivity (Wildman–Crippen MR) is 90.6 cm³/mol. The van der Waals surface area contributed by atoms with Crippen LogP contribution in [-0.4, -0.2) is 32.2 Å². The molecular formula is C15H25N3O3S. The summed E-state index contributed by atoms with van der Waals surface area (Å²) in [4.78, 5) is 12.1. The van der Waals surface area contributed by atoms with Crippen LogP contribution in [-0.2, 0) is 14.8 Å². The van der Waals surface area contributed by atoms with E-state index in [0.29, 0.717) is 11.4 Å². The number of sulfonamides is 1. The number of hydrogen-bond donors (Lipinski definition) is 3. The molecule has 1 unspecified atom stereocenters. The summed E-state index contributed by atoms with van der Waals surface area (Å²) in [6, 6.07) is 4.85. The molecule has 124 valence electrons. The summed E-state index contributed by atoms with van der Waals surface area (Å²) < 4.78 is 25.2. The zero-order valence-electron chi connectivity index (χ0n) is 13.9. The van der Waals surface area contributed by atoms with Crippen molar-refractivity contribution in [1.82, 2.24) is 5.32 Å². The molecule has 0 saturated carbocycles. The Balaban J connectivity index is 2.86. The smallest absolute Gasteiger partial charge is 0.242 e. The van der Waals surface area contributed by atoms with Gasteiger partial charge in [0.15, 0.2) is 0 Å². The van der Waals surface area contributed by atoms with E-state index in [9.17, 15) is 13.2 Å². The van der Waals surface area contributed by atoms with Gasteiger partial charge in [-0.15, -0.1) is 0 Å². The van der Waals surface area contributed by atoms with Crippen LogP contribution in [0.25, 0.3) is 0 Å². The van der Waals surface area contributed by atoms with Gasteiger partial charge in [0.05, 0.1) is 11.9 Å². The Kier molecular flexibility index (Phi) is 5.45. The normalized spacial score (nSPS) is 13.4. The molecule has 0 aliphatic rings. The molecule has 6 nitrogen and oxygen atoms in total. The quantitative estimate of drug-likeness (QED) is 0.773. The molecule has 7 heteroatoms.